The van der Waals surface area contributed by atoms with Crippen molar-refractivity contribution in [3.8, 4) is 22.6 Å². The van der Waals surface area contributed by atoms with Crippen LogP contribution in [0.5, 0.6) is 11.5 Å². The Labute approximate surface area is 179 Å². The predicted octanol–water partition coefficient (Wildman–Crippen LogP) is 5.04. The summed E-state index contributed by atoms with van der Waals surface area (Å²) in [7, 11) is 3.00. The minimum atomic E-state index is -0.405. The zero-order valence-corrected chi connectivity index (χ0v) is 17.4. The van der Waals surface area contributed by atoms with E-state index in [0.29, 0.717) is 33.9 Å². The zero-order valence-electron chi connectivity index (χ0n) is 17.4. The Morgan fingerprint density at radius 3 is 2.26 bits per heavy atom. The lowest BCUT2D eigenvalue weighted by molar-refractivity contribution is 0.102. The Kier molecular flexibility index (Phi) is 5.45. The first-order valence-electron chi connectivity index (χ1n) is 9.68. The first-order chi connectivity index (χ1) is 15.0. The number of benzene rings is 3. The first kappa shape index (κ1) is 20.2. The van der Waals surface area contributed by atoms with Crippen LogP contribution in [0, 0.1) is 6.92 Å². The van der Waals surface area contributed by atoms with E-state index in [1.165, 1.54) is 14.2 Å². The van der Waals surface area contributed by atoms with Crippen LogP contribution in [0.1, 0.15) is 15.9 Å². The standard InChI is InChI=1S/C25H21NO5/c1-15-13-17(26-24(27)23-21(29-2)9-6-10-22(23)30-3)11-12-18(15)19-14-16-7-4-5-8-20(16)31-25(19)28/h4-14H,1-3H3,(H,26,27). The molecule has 0 aliphatic rings. The van der Waals surface area contributed by atoms with Crippen LogP contribution in [-0.4, -0.2) is 20.1 Å². The van der Waals surface area contributed by atoms with Gasteiger partial charge in [-0.25, -0.2) is 4.79 Å². The van der Waals surface area contributed by atoms with E-state index < -0.39 is 5.63 Å². The molecule has 0 unspecified atom stereocenters. The summed E-state index contributed by atoms with van der Waals surface area (Å²) in [5.41, 5.74) is 3.08. The van der Waals surface area contributed by atoms with Crippen molar-refractivity contribution in [2.75, 3.05) is 19.5 Å². The normalized spacial score (nSPS) is 10.7. The SMILES string of the molecule is COc1cccc(OC)c1C(=O)Nc1ccc(-c2cc3ccccc3oc2=O)c(C)c1. The molecule has 0 saturated heterocycles. The summed E-state index contributed by atoms with van der Waals surface area (Å²) in [6.07, 6.45) is 0. The van der Waals surface area contributed by atoms with Crippen LogP contribution in [0.15, 0.2) is 75.9 Å². The molecule has 0 atom stereocenters. The van der Waals surface area contributed by atoms with E-state index in [2.05, 4.69) is 5.32 Å². The lowest BCUT2D eigenvalue weighted by Crippen LogP contribution is -2.15. The molecular weight excluding hydrogens is 394 g/mol. The van der Waals surface area contributed by atoms with Crippen LogP contribution < -0.4 is 20.4 Å². The van der Waals surface area contributed by atoms with E-state index in [1.807, 2.05) is 37.3 Å². The van der Waals surface area contributed by atoms with Crippen molar-refractivity contribution in [1.29, 1.82) is 0 Å². The van der Waals surface area contributed by atoms with Crippen molar-refractivity contribution in [2.45, 2.75) is 6.92 Å². The molecule has 0 spiro atoms. The topological polar surface area (TPSA) is 77.8 Å². The molecule has 1 aromatic heterocycles. The van der Waals surface area contributed by atoms with Gasteiger partial charge in [0.25, 0.3) is 5.91 Å². The third kappa shape index (κ3) is 3.88. The van der Waals surface area contributed by atoms with E-state index in [4.69, 9.17) is 13.9 Å². The highest BCUT2D eigenvalue weighted by molar-refractivity contribution is 6.08. The fraction of sp³-hybridized carbons (Fsp3) is 0.120. The molecule has 0 radical (unpaired) electrons. The molecule has 31 heavy (non-hydrogen) atoms. The van der Waals surface area contributed by atoms with Crippen molar-refractivity contribution < 1.29 is 18.7 Å². The summed E-state index contributed by atoms with van der Waals surface area (Å²) in [6, 6.07) is 19.7. The number of anilines is 1. The Balaban J connectivity index is 1.67. The van der Waals surface area contributed by atoms with E-state index >= 15 is 0 Å². The molecular formula is C25H21NO5. The van der Waals surface area contributed by atoms with Gasteiger partial charge in [0, 0.05) is 11.1 Å². The average Bonchev–Trinajstić information content (AvgIpc) is 2.78. The van der Waals surface area contributed by atoms with Gasteiger partial charge in [0.15, 0.2) is 0 Å². The maximum atomic E-state index is 12.9. The fourth-order valence-corrected chi connectivity index (χ4v) is 3.56. The highest BCUT2D eigenvalue weighted by atomic mass is 16.5. The van der Waals surface area contributed by atoms with Gasteiger partial charge >= 0.3 is 5.63 Å². The fourth-order valence-electron chi connectivity index (χ4n) is 3.56. The number of para-hydroxylation sites is 1. The molecule has 1 N–H and O–H groups in total. The number of carbonyl (C=O) groups excluding carboxylic acids is 1. The second kappa shape index (κ2) is 8.36. The second-order valence-corrected chi connectivity index (χ2v) is 7.01. The smallest absolute Gasteiger partial charge is 0.344 e. The minimum Gasteiger partial charge on any atom is -0.496 e. The first-order valence-corrected chi connectivity index (χ1v) is 9.68. The molecule has 0 bridgehead atoms. The van der Waals surface area contributed by atoms with Gasteiger partial charge in [-0.2, -0.15) is 0 Å². The molecule has 1 heterocycles. The van der Waals surface area contributed by atoms with Gasteiger partial charge in [-0.05, 0) is 54.4 Å². The third-order valence-electron chi connectivity index (χ3n) is 5.07. The molecule has 4 aromatic rings. The zero-order chi connectivity index (χ0) is 22.0. The van der Waals surface area contributed by atoms with Gasteiger partial charge in [-0.3, -0.25) is 4.79 Å². The molecule has 156 valence electrons. The molecule has 6 heteroatoms. The molecule has 0 fully saturated rings. The van der Waals surface area contributed by atoms with Gasteiger partial charge < -0.3 is 19.2 Å². The summed E-state index contributed by atoms with van der Waals surface area (Å²) in [5.74, 6) is 0.476. The van der Waals surface area contributed by atoms with E-state index in [-0.39, 0.29) is 5.91 Å². The van der Waals surface area contributed by atoms with Crippen molar-refractivity contribution in [1.82, 2.24) is 0 Å². The van der Waals surface area contributed by atoms with E-state index in [0.717, 1.165) is 16.5 Å². The number of rotatable bonds is 5. The summed E-state index contributed by atoms with van der Waals surface area (Å²) in [5, 5.41) is 3.72. The van der Waals surface area contributed by atoms with E-state index in [9.17, 15) is 9.59 Å². The number of aryl methyl sites for hydroxylation is 1. The maximum Gasteiger partial charge on any atom is 0.344 e. The number of methoxy groups -OCH3 is 2. The molecule has 3 aromatic carbocycles. The molecule has 0 aliphatic carbocycles. The van der Waals surface area contributed by atoms with Crippen LogP contribution in [0.2, 0.25) is 0 Å². The number of ether oxygens (including phenoxy) is 2. The molecule has 1 amide bonds. The molecule has 4 rings (SSSR count). The Hall–Kier alpha value is -4.06. The number of carbonyl (C=O) groups is 1. The number of fused-ring (bicyclic) bond motifs is 1. The van der Waals surface area contributed by atoms with Crippen molar-refractivity contribution in [3.05, 3.63) is 88.3 Å². The van der Waals surface area contributed by atoms with Crippen LogP contribution in [-0.2, 0) is 0 Å². The monoisotopic (exact) mass is 415 g/mol. The molecule has 0 aliphatic heterocycles. The number of hydrogen-bond donors (Lipinski definition) is 1. The lowest BCUT2D eigenvalue weighted by Gasteiger charge is -2.14. The lowest BCUT2D eigenvalue weighted by atomic mass is 10.0. The minimum absolute atomic E-state index is 0.310. The van der Waals surface area contributed by atoms with E-state index in [1.54, 1.807) is 36.4 Å². The van der Waals surface area contributed by atoms with Gasteiger partial charge in [0.05, 0.1) is 19.8 Å². The summed E-state index contributed by atoms with van der Waals surface area (Å²) < 4.78 is 16.1. The van der Waals surface area contributed by atoms with Crippen molar-refractivity contribution in [2.24, 2.45) is 0 Å². The number of hydrogen-bond acceptors (Lipinski definition) is 5. The highest BCUT2D eigenvalue weighted by Crippen LogP contribution is 2.30. The van der Waals surface area contributed by atoms with Crippen molar-refractivity contribution >= 4 is 22.6 Å². The Morgan fingerprint density at radius 2 is 1.58 bits per heavy atom. The van der Waals surface area contributed by atoms with Crippen LogP contribution in [0.3, 0.4) is 0 Å². The number of amides is 1. The van der Waals surface area contributed by atoms with Gasteiger partial charge in [-0.15, -0.1) is 0 Å². The second-order valence-electron chi connectivity index (χ2n) is 7.01. The van der Waals surface area contributed by atoms with Crippen LogP contribution in [0.25, 0.3) is 22.1 Å². The predicted molar refractivity (Wildman–Crippen MR) is 120 cm³/mol. The van der Waals surface area contributed by atoms with Gasteiger partial charge in [0.1, 0.15) is 22.6 Å². The average molecular weight is 415 g/mol. The largest absolute Gasteiger partial charge is 0.496 e. The summed E-state index contributed by atoms with van der Waals surface area (Å²) in [6.45, 7) is 1.88. The third-order valence-corrected chi connectivity index (χ3v) is 5.07. The Bertz CT molecular complexity index is 1320. The highest BCUT2D eigenvalue weighted by Gasteiger charge is 2.19. The summed E-state index contributed by atoms with van der Waals surface area (Å²) in [4.78, 5) is 25.4. The Morgan fingerprint density at radius 1 is 0.871 bits per heavy atom. The quantitative estimate of drug-likeness (QED) is 0.462. The van der Waals surface area contributed by atoms with Gasteiger partial charge in [-0.1, -0.05) is 30.3 Å². The summed E-state index contributed by atoms with van der Waals surface area (Å²) >= 11 is 0. The maximum absolute atomic E-state index is 12.9. The number of nitrogens with one attached hydrogen (secondary N) is 1. The molecule has 0 saturated carbocycles. The molecule has 6 nitrogen and oxygen atoms in total. The van der Waals surface area contributed by atoms with Gasteiger partial charge in [0.2, 0.25) is 0 Å². The van der Waals surface area contributed by atoms with Crippen LogP contribution in [0.4, 0.5) is 5.69 Å². The van der Waals surface area contributed by atoms with Crippen LogP contribution >= 0.6 is 0 Å². The van der Waals surface area contributed by atoms with Crippen molar-refractivity contribution in [3.63, 3.8) is 0 Å².